The average molecular weight is 218 g/mol. The van der Waals surface area contributed by atoms with Crippen LogP contribution in [0.4, 0.5) is 13.2 Å². The van der Waals surface area contributed by atoms with Crippen LogP contribution in [0.15, 0.2) is 30.3 Å². The van der Waals surface area contributed by atoms with Crippen LogP contribution in [-0.2, 0) is 0 Å². The normalized spacial score (nSPS) is 15.8. The number of halogens is 3. The van der Waals surface area contributed by atoms with E-state index < -0.39 is 17.6 Å². The van der Waals surface area contributed by atoms with Gasteiger partial charge in [-0.3, -0.25) is 4.79 Å². The predicted octanol–water partition coefficient (Wildman–Crippen LogP) is 2.18. The second-order valence-corrected chi connectivity index (χ2v) is 3.27. The molecule has 1 atom stereocenters. The summed E-state index contributed by atoms with van der Waals surface area (Å²) in [4.78, 5) is 11.3. The zero-order chi connectivity index (χ0) is 11.7. The summed E-state index contributed by atoms with van der Waals surface area (Å²) >= 11 is 0. The molecule has 82 valence electrons. The van der Waals surface area contributed by atoms with Gasteiger partial charge in [0.15, 0.2) is 0 Å². The van der Waals surface area contributed by atoms with Crippen LogP contribution in [0.2, 0.25) is 0 Å². The fourth-order valence-electron chi connectivity index (χ4n) is 0.999. The Bertz CT molecular complexity index is 355. The lowest BCUT2D eigenvalue weighted by Gasteiger charge is -2.24. The number of alkyl halides is 3. The van der Waals surface area contributed by atoms with Gasteiger partial charge in [0.1, 0.15) is 0 Å². The highest BCUT2D eigenvalue weighted by Crippen LogP contribution is 2.32. The molecule has 15 heavy (non-hydrogen) atoms. The smallest absolute Gasteiger partial charge is 0.374 e. The van der Waals surface area contributed by atoms with Crippen LogP contribution < -0.4 is 0 Å². The fourth-order valence-corrected chi connectivity index (χ4v) is 0.999. The van der Waals surface area contributed by atoms with Gasteiger partial charge in [-0.15, -0.1) is 0 Å². The third-order valence-corrected chi connectivity index (χ3v) is 2.03. The van der Waals surface area contributed by atoms with E-state index in [1.54, 1.807) is 6.07 Å². The molecule has 5 heteroatoms. The van der Waals surface area contributed by atoms with Crippen molar-refractivity contribution < 1.29 is 23.1 Å². The molecule has 0 amide bonds. The van der Waals surface area contributed by atoms with E-state index in [0.717, 1.165) is 0 Å². The van der Waals surface area contributed by atoms with Crippen molar-refractivity contribution in [1.82, 2.24) is 0 Å². The van der Waals surface area contributed by atoms with Gasteiger partial charge in [0.2, 0.25) is 11.4 Å². The molecular weight excluding hydrogens is 209 g/mol. The Balaban J connectivity index is 3.06. The Morgan fingerprint density at radius 1 is 1.20 bits per heavy atom. The molecule has 0 radical (unpaired) electrons. The first kappa shape index (κ1) is 11.7. The van der Waals surface area contributed by atoms with Crippen LogP contribution in [-0.4, -0.2) is 22.7 Å². The summed E-state index contributed by atoms with van der Waals surface area (Å²) in [5, 5.41) is 9.10. The molecule has 0 aliphatic heterocycles. The molecule has 1 aromatic carbocycles. The van der Waals surface area contributed by atoms with E-state index in [4.69, 9.17) is 5.11 Å². The fraction of sp³-hybridized carbons (Fsp3) is 0.300. The summed E-state index contributed by atoms with van der Waals surface area (Å²) in [6.45, 7) is 0.447. The van der Waals surface area contributed by atoms with Crippen molar-refractivity contribution in [2.24, 2.45) is 0 Å². The zero-order valence-electron chi connectivity index (χ0n) is 7.88. The summed E-state index contributed by atoms with van der Waals surface area (Å²) in [7, 11) is 0. The summed E-state index contributed by atoms with van der Waals surface area (Å²) in [6, 6.07) is 6.88. The van der Waals surface area contributed by atoms with Gasteiger partial charge < -0.3 is 5.11 Å². The highest BCUT2D eigenvalue weighted by Gasteiger charge is 2.55. The van der Waals surface area contributed by atoms with E-state index in [1.807, 2.05) is 0 Å². The minimum atomic E-state index is -4.97. The molecule has 0 aliphatic carbocycles. The van der Waals surface area contributed by atoms with Crippen molar-refractivity contribution in [2.75, 3.05) is 0 Å². The largest absolute Gasteiger partial charge is 0.424 e. The molecule has 0 bridgehead atoms. The van der Waals surface area contributed by atoms with Crippen molar-refractivity contribution in [3.05, 3.63) is 35.9 Å². The lowest BCUT2D eigenvalue weighted by atomic mass is 9.94. The molecule has 0 aromatic heterocycles. The molecule has 0 heterocycles. The minimum Gasteiger partial charge on any atom is -0.374 e. The summed E-state index contributed by atoms with van der Waals surface area (Å²) < 4.78 is 36.9. The highest BCUT2D eigenvalue weighted by atomic mass is 19.4. The van der Waals surface area contributed by atoms with Crippen LogP contribution in [0.5, 0.6) is 0 Å². The number of hydrogen-bond acceptors (Lipinski definition) is 2. The quantitative estimate of drug-likeness (QED) is 0.772. The van der Waals surface area contributed by atoms with Gasteiger partial charge in [0, 0.05) is 5.56 Å². The topological polar surface area (TPSA) is 37.3 Å². The first-order chi connectivity index (χ1) is 6.77. The van der Waals surface area contributed by atoms with Gasteiger partial charge in [-0.1, -0.05) is 30.3 Å². The molecular formula is C10H9F3O2. The summed E-state index contributed by atoms with van der Waals surface area (Å²) in [5.41, 5.74) is -3.51. The summed E-state index contributed by atoms with van der Waals surface area (Å²) in [5.74, 6) is -1.35. The number of carbonyl (C=O) groups is 1. The van der Waals surface area contributed by atoms with Crippen molar-refractivity contribution in [3.63, 3.8) is 0 Å². The first-order valence-corrected chi connectivity index (χ1v) is 4.16. The van der Waals surface area contributed by atoms with Crippen LogP contribution in [0.3, 0.4) is 0 Å². The van der Waals surface area contributed by atoms with Crippen molar-refractivity contribution in [3.8, 4) is 0 Å². The number of benzene rings is 1. The number of rotatable bonds is 2. The van der Waals surface area contributed by atoms with E-state index in [0.29, 0.717) is 6.92 Å². The molecule has 1 rings (SSSR count). The molecule has 2 nitrogen and oxygen atoms in total. The van der Waals surface area contributed by atoms with Crippen LogP contribution in [0.1, 0.15) is 17.3 Å². The lowest BCUT2D eigenvalue weighted by molar-refractivity contribution is -0.229. The standard InChI is InChI=1S/C10H9F3O2/c1-9(15,10(11,12)13)8(14)7-5-3-2-4-6-7/h2-6,15H,1H3. The maximum Gasteiger partial charge on any atom is 0.424 e. The van der Waals surface area contributed by atoms with Gasteiger partial charge in [-0.05, 0) is 6.92 Å². The minimum absolute atomic E-state index is 0.167. The average Bonchev–Trinajstić information content (AvgIpc) is 2.16. The van der Waals surface area contributed by atoms with Crippen molar-refractivity contribution in [2.45, 2.75) is 18.7 Å². The first-order valence-electron chi connectivity index (χ1n) is 4.16. The molecule has 0 saturated carbocycles. The Hall–Kier alpha value is -1.36. The van der Waals surface area contributed by atoms with E-state index >= 15 is 0 Å². The SMILES string of the molecule is CC(O)(C(=O)c1ccccc1)C(F)(F)F. The Morgan fingerprint density at radius 3 is 2.07 bits per heavy atom. The lowest BCUT2D eigenvalue weighted by Crippen LogP contribution is -2.49. The Kier molecular flexibility index (Phi) is 2.86. The molecule has 0 aliphatic rings. The monoisotopic (exact) mass is 218 g/mol. The number of carbonyl (C=O) groups excluding carboxylic acids is 1. The van der Waals surface area contributed by atoms with Crippen LogP contribution in [0, 0.1) is 0 Å². The van der Waals surface area contributed by atoms with Crippen LogP contribution >= 0.6 is 0 Å². The zero-order valence-corrected chi connectivity index (χ0v) is 7.88. The third kappa shape index (κ3) is 2.18. The number of Topliss-reactive ketones (excluding diaryl/α,β-unsaturated/α-hetero) is 1. The maximum atomic E-state index is 12.3. The number of ketones is 1. The molecule has 1 unspecified atom stereocenters. The number of hydrogen-bond donors (Lipinski definition) is 1. The Morgan fingerprint density at radius 2 is 1.67 bits per heavy atom. The number of aliphatic hydroxyl groups is 1. The molecule has 0 saturated heterocycles. The van der Waals surface area contributed by atoms with Crippen LogP contribution in [0.25, 0.3) is 0 Å². The predicted molar refractivity (Wildman–Crippen MR) is 47.5 cm³/mol. The third-order valence-electron chi connectivity index (χ3n) is 2.03. The van der Waals surface area contributed by atoms with Crippen molar-refractivity contribution in [1.29, 1.82) is 0 Å². The van der Waals surface area contributed by atoms with Gasteiger partial charge in [-0.25, -0.2) is 0 Å². The van der Waals surface area contributed by atoms with Crippen molar-refractivity contribution >= 4 is 5.78 Å². The molecule has 1 N–H and O–H groups in total. The van der Waals surface area contributed by atoms with Gasteiger partial charge in [0.25, 0.3) is 0 Å². The van der Waals surface area contributed by atoms with E-state index in [2.05, 4.69) is 0 Å². The van der Waals surface area contributed by atoms with Gasteiger partial charge in [-0.2, -0.15) is 13.2 Å². The van der Waals surface area contributed by atoms with E-state index in [9.17, 15) is 18.0 Å². The second kappa shape index (κ2) is 3.66. The second-order valence-electron chi connectivity index (χ2n) is 3.27. The van der Waals surface area contributed by atoms with Gasteiger partial charge >= 0.3 is 6.18 Å². The van der Waals surface area contributed by atoms with Gasteiger partial charge in [0.05, 0.1) is 0 Å². The maximum absolute atomic E-state index is 12.3. The highest BCUT2D eigenvalue weighted by molar-refractivity contribution is 6.02. The molecule has 0 spiro atoms. The molecule has 0 fully saturated rings. The Labute approximate surface area is 84.3 Å². The molecule has 1 aromatic rings. The van der Waals surface area contributed by atoms with E-state index in [-0.39, 0.29) is 5.56 Å². The van der Waals surface area contributed by atoms with E-state index in [1.165, 1.54) is 24.3 Å². The summed E-state index contributed by atoms with van der Waals surface area (Å²) in [6.07, 6.45) is -4.97.